The zero-order chi connectivity index (χ0) is 56.6. The second-order valence-corrected chi connectivity index (χ2v) is 25.3. The van der Waals surface area contributed by atoms with Crippen LogP contribution < -0.4 is 5.32 Å². The molecule has 0 aliphatic carbocycles. The van der Waals surface area contributed by atoms with Crippen LogP contribution in [0.3, 0.4) is 0 Å². The smallest absolute Gasteiger partial charge is 0.249 e. The van der Waals surface area contributed by atoms with Gasteiger partial charge >= 0.3 is 0 Å². The number of nitrogens with one attached hydrogen (secondary N) is 1. The normalized spacial score (nSPS) is 13.5. The van der Waals surface area contributed by atoms with Crippen molar-refractivity contribution in [2.75, 3.05) is 6.61 Å². The SMILES string of the molecule is CCCCCCCCCCCCCCCCCCCCCCC/C=C/CCCC(O)C(O)C(CO)NC(=O)C(O)CCCCCCCCCCCCCCCCCCCCCCCCCCCCCCCCCCCCCC. The molecular formula is C72H143NO5. The van der Waals surface area contributed by atoms with E-state index in [1.807, 2.05) is 0 Å². The van der Waals surface area contributed by atoms with E-state index in [1.165, 1.54) is 347 Å². The first kappa shape index (κ1) is 77.0. The minimum atomic E-state index is -1.28. The van der Waals surface area contributed by atoms with E-state index in [2.05, 4.69) is 31.3 Å². The molecule has 0 aromatic heterocycles. The molecule has 0 spiro atoms. The molecule has 0 aliphatic rings. The van der Waals surface area contributed by atoms with Crippen molar-refractivity contribution in [3.63, 3.8) is 0 Å². The van der Waals surface area contributed by atoms with Crippen molar-refractivity contribution in [2.24, 2.45) is 0 Å². The molecule has 5 N–H and O–H groups in total. The minimum Gasteiger partial charge on any atom is -0.394 e. The van der Waals surface area contributed by atoms with Gasteiger partial charge in [-0.1, -0.05) is 386 Å². The van der Waals surface area contributed by atoms with Gasteiger partial charge in [-0.2, -0.15) is 0 Å². The quantitative estimate of drug-likeness (QED) is 0.0308. The van der Waals surface area contributed by atoms with E-state index in [0.717, 1.165) is 38.5 Å². The zero-order valence-electron chi connectivity index (χ0n) is 53.2. The van der Waals surface area contributed by atoms with Gasteiger partial charge in [0.25, 0.3) is 0 Å². The number of carbonyl (C=O) groups excluding carboxylic acids is 1. The lowest BCUT2D eigenvalue weighted by molar-refractivity contribution is -0.132. The van der Waals surface area contributed by atoms with Crippen LogP contribution in [0.15, 0.2) is 12.2 Å². The number of hydrogen-bond acceptors (Lipinski definition) is 5. The standard InChI is InChI=1S/C72H143NO5/c1-3-5-7-9-11-13-15-17-19-21-23-25-27-29-31-32-33-34-35-36-37-38-39-40-42-44-46-48-50-52-54-56-58-60-62-64-66-70(76)72(78)73-68(67-74)71(77)69(75)65-63-61-59-57-55-53-51-49-47-45-43-41-30-28-26-24-22-20-18-16-14-12-10-8-6-4-2/h57,59,68-71,74-77H,3-56,58,60-67H2,1-2H3,(H,73,78)/b59-57+. The van der Waals surface area contributed by atoms with Gasteiger partial charge in [-0.25, -0.2) is 0 Å². The summed E-state index contributed by atoms with van der Waals surface area (Å²) >= 11 is 0. The molecule has 0 heterocycles. The molecule has 0 aliphatic heterocycles. The fourth-order valence-corrected chi connectivity index (χ4v) is 11.9. The number of amides is 1. The van der Waals surface area contributed by atoms with Crippen LogP contribution in [0.2, 0.25) is 0 Å². The van der Waals surface area contributed by atoms with Crippen LogP contribution in [-0.4, -0.2) is 57.3 Å². The Balaban J connectivity index is 3.51. The number of carbonyl (C=O) groups is 1. The number of unbranched alkanes of at least 4 members (excludes halogenated alkanes) is 57. The van der Waals surface area contributed by atoms with Crippen molar-refractivity contribution >= 4 is 5.91 Å². The Bertz CT molecular complexity index is 1150. The summed E-state index contributed by atoms with van der Waals surface area (Å²) in [5.41, 5.74) is 0. The largest absolute Gasteiger partial charge is 0.394 e. The number of aliphatic hydroxyl groups excluding tert-OH is 4. The van der Waals surface area contributed by atoms with Gasteiger partial charge < -0.3 is 25.7 Å². The van der Waals surface area contributed by atoms with E-state index in [4.69, 9.17) is 0 Å². The van der Waals surface area contributed by atoms with Crippen molar-refractivity contribution < 1.29 is 25.2 Å². The minimum absolute atomic E-state index is 0.369. The molecule has 466 valence electrons. The van der Waals surface area contributed by atoms with E-state index in [0.29, 0.717) is 12.8 Å². The predicted molar refractivity (Wildman–Crippen MR) is 344 cm³/mol. The molecule has 0 aromatic rings. The van der Waals surface area contributed by atoms with Crippen LogP contribution in [0.4, 0.5) is 0 Å². The Morgan fingerprint density at radius 2 is 0.526 bits per heavy atom. The predicted octanol–water partition coefficient (Wildman–Crippen LogP) is 22.3. The highest BCUT2D eigenvalue weighted by atomic mass is 16.3. The van der Waals surface area contributed by atoms with E-state index < -0.39 is 36.9 Å². The molecule has 1 amide bonds. The molecule has 0 saturated carbocycles. The fourth-order valence-electron chi connectivity index (χ4n) is 11.9. The molecule has 78 heavy (non-hydrogen) atoms. The van der Waals surface area contributed by atoms with Crippen LogP contribution in [0, 0.1) is 0 Å². The maximum absolute atomic E-state index is 12.7. The number of aliphatic hydroxyl groups is 4. The highest BCUT2D eigenvalue weighted by Crippen LogP contribution is 2.20. The molecule has 0 fully saturated rings. The summed E-state index contributed by atoms with van der Waals surface area (Å²) in [5, 5.41) is 44.2. The van der Waals surface area contributed by atoms with Crippen LogP contribution in [-0.2, 0) is 4.79 Å². The van der Waals surface area contributed by atoms with Gasteiger partial charge in [-0.05, 0) is 38.5 Å². The Morgan fingerprint density at radius 1 is 0.308 bits per heavy atom. The van der Waals surface area contributed by atoms with Crippen molar-refractivity contribution in [2.45, 2.75) is 436 Å². The molecular weight excluding hydrogens is 959 g/mol. The summed E-state index contributed by atoms with van der Waals surface area (Å²) in [5.74, 6) is -0.584. The van der Waals surface area contributed by atoms with Crippen molar-refractivity contribution in [1.29, 1.82) is 0 Å². The molecule has 0 rings (SSSR count). The lowest BCUT2D eigenvalue weighted by Crippen LogP contribution is -2.53. The van der Waals surface area contributed by atoms with Gasteiger partial charge in [0.15, 0.2) is 0 Å². The first-order chi connectivity index (χ1) is 38.5. The Hall–Kier alpha value is -0.950. The molecule has 6 heteroatoms. The zero-order valence-corrected chi connectivity index (χ0v) is 53.2. The van der Waals surface area contributed by atoms with Crippen LogP contribution >= 0.6 is 0 Å². The molecule has 4 unspecified atom stereocenters. The second kappa shape index (κ2) is 66.8. The van der Waals surface area contributed by atoms with Crippen LogP contribution in [0.25, 0.3) is 0 Å². The van der Waals surface area contributed by atoms with E-state index in [-0.39, 0.29) is 0 Å². The molecule has 0 aromatic carbocycles. The maximum atomic E-state index is 12.7. The van der Waals surface area contributed by atoms with E-state index >= 15 is 0 Å². The Kier molecular flexibility index (Phi) is 66.0. The summed E-state index contributed by atoms with van der Waals surface area (Å²) in [4.78, 5) is 12.7. The Morgan fingerprint density at radius 3 is 0.769 bits per heavy atom. The number of hydrogen-bond donors (Lipinski definition) is 5. The van der Waals surface area contributed by atoms with Crippen molar-refractivity contribution in [1.82, 2.24) is 5.32 Å². The average molecular weight is 1100 g/mol. The number of allylic oxidation sites excluding steroid dienone is 2. The van der Waals surface area contributed by atoms with Crippen LogP contribution in [0.5, 0.6) is 0 Å². The van der Waals surface area contributed by atoms with Gasteiger partial charge in [0.1, 0.15) is 12.2 Å². The average Bonchev–Trinajstić information content (AvgIpc) is 3.45. The highest BCUT2D eigenvalue weighted by Gasteiger charge is 2.28. The van der Waals surface area contributed by atoms with Gasteiger partial charge in [0.2, 0.25) is 5.91 Å². The lowest BCUT2D eigenvalue weighted by atomic mass is 10.00. The van der Waals surface area contributed by atoms with Gasteiger partial charge in [-0.3, -0.25) is 4.79 Å². The first-order valence-corrected chi connectivity index (χ1v) is 36.1. The van der Waals surface area contributed by atoms with Crippen LogP contribution in [0.1, 0.15) is 412 Å². The molecule has 4 atom stereocenters. The summed E-state index contributed by atoms with van der Waals surface area (Å²) in [6.07, 6.45) is 83.6. The maximum Gasteiger partial charge on any atom is 0.249 e. The van der Waals surface area contributed by atoms with Gasteiger partial charge in [0.05, 0.1) is 18.8 Å². The molecule has 0 bridgehead atoms. The fraction of sp³-hybridized carbons (Fsp3) is 0.958. The summed E-state index contributed by atoms with van der Waals surface area (Å²) in [7, 11) is 0. The summed E-state index contributed by atoms with van der Waals surface area (Å²) < 4.78 is 0. The third-order valence-corrected chi connectivity index (χ3v) is 17.5. The third-order valence-electron chi connectivity index (χ3n) is 17.5. The van der Waals surface area contributed by atoms with Crippen molar-refractivity contribution in [3.05, 3.63) is 12.2 Å². The van der Waals surface area contributed by atoms with Crippen molar-refractivity contribution in [3.8, 4) is 0 Å². The summed E-state index contributed by atoms with van der Waals surface area (Å²) in [6.45, 7) is 4.11. The monoisotopic (exact) mass is 1100 g/mol. The third kappa shape index (κ3) is 59.7. The van der Waals surface area contributed by atoms with E-state index in [9.17, 15) is 25.2 Å². The van der Waals surface area contributed by atoms with E-state index in [1.54, 1.807) is 0 Å². The highest BCUT2D eigenvalue weighted by molar-refractivity contribution is 5.80. The molecule has 0 saturated heterocycles. The first-order valence-electron chi connectivity index (χ1n) is 36.1. The lowest BCUT2D eigenvalue weighted by Gasteiger charge is -2.27. The molecule has 0 radical (unpaired) electrons. The topological polar surface area (TPSA) is 110 Å². The number of rotatable bonds is 68. The van der Waals surface area contributed by atoms with Gasteiger partial charge in [-0.15, -0.1) is 0 Å². The second-order valence-electron chi connectivity index (χ2n) is 25.3. The Labute approximate surface area is 489 Å². The summed E-state index contributed by atoms with van der Waals surface area (Å²) in [6, 6.07) is -1.00. The van der Waals surface area contributed by atoms with Gasteiger partial charge in [0, 0.05) is 0 Å². The molecule has 6 nitrogen and oxygen atoms in total.